The van der Waals surface area contributed by atoms with Crippen LogP contribution in [0.1, 0.15) is 5.56 Å². The van der Waals surface area contributed by atoms with Crippen LogP contribution in [0.4, 0.5) is 26.3 Å². The molecule has 3 aromatic carbocycles. The highest BCUT2D eigenvalue weighted by molar-refractivity contribution is 5.98. The Balaban J connectivity index is 1.71. The number of halogens is 6. The maximum atomic E-state index is 13.4. The fourth-order valence-electron chi connectivity index (χ4n) is 4.16. The summed E-state index contributed by atoms with van der Waals surface area (Å²) in [6.07, 6.45) is -8.49. The molecule has 11 heteroatoms. The van der Waals surface area contributed by atoms with Crippen LogP contribution < -0.4 is 10.3 Å². The lowest BCUT2D eigenvalue weighted by molar-refractivity contribution is -0.189. The zero-order valence-corrected chi connectivity index (χ0v) is 20.1. The first kappa shape index (κ1) is 26.7. The Hall–Kier alpha value is -4.93. The van der Waals surface area contributed by atoms with Gasteiger partial charge in [-0.3, -0.25) is 4.79 Å². The van der Waals surface area contributed by atoms with Crippen LogP contribution in [0.2, 0.25) is 0 Å². The number of nitrogens with one attached hydrogen (secondary N) is 1. The van der Waals surface area contributed by atoms with Gasteiger partial charge in [0, 0.05) is 22.9 Å². The van der Waals surface area contributed by atoms with Crippen LogP contribution in [0.3, 0.4) is 0 Å². The summed E-state index contributed by atoms with van der Waals surface area (Å²) in [6, 6.07) is 20.0. The molecule has 0 aliphatic rings. The van der Waals surface area contributed by atoms with E-state index in [9.17, 15) is 35.9 Å². The van der Waals surface area contributed by atoms with Gasteiger partial charge in [0.25, 0.3) is 5.56 Å². The summed E-state index contributed by atoms with van der Waals surface area (Å²) in [5, 5.41) is 0.119. The van der Waals surface area contributed by atoms with Gasteiger partial charge in [-0.1, -0.05) is 42.5 Å². The molecular formula is C29H16F6N2O3. The number of ether oxygens (including phenoxy) is 1. The third-order valence-electron chi connectivity index (χ3n) is 6.03. The van der Waals surface area contributed by atoms with E-state index in [1.165, 1.54) is 30.5 Å². The normalized spacial score (nSPS) is 11.9. The van der Waals surface area contributed by atoms with Gasteiger partial charge in [0.05, 0.1) is 22.2 Å². The summed E-state index contributed by atoms with van der Waals surface area (Å²) < 4.78 is 82.3. The number of esters is 1. The number of hydrogen-bond acceptors (Lipinski definition) is 4. The first-order valence-corrected chi connectivity index (χ1v) is 11.6. The summed E-state index contributed by atoms with van der Waals surface area (Å²) in [7, 11) is 0. The highest BCUT2D eigenvalue weighted by Gasteiger charge is 2.41. The maximum Gasteiger partial charge on any atom is 0.491 e. The number of hydrogen-bond donors (Lipinski definition) is 1. The Bertz CT molecular complexity index is 1780. The fourth-order valence-corrected chi connectivity index (χ4v) is 4.16. The molecule has 0 atom stereocenters. The van der Waals surface area contributed by atoms with Crippen molar-refractivity contribution in [2.45, 2.75) is 12.4 Å². The fraction of sp³-hybridized carbons (Fsp3) is 0.0690. The van der Waals surface area contributed by atoms with Gasteiger partial charge in [0.15, 0.2) is 0 Å². The van der Waals surface area contributed by atoms with Crippen LogP contribution in [0.15, 0.2) is 95.9 Å². The SMILES string of the molecule is O=C(Oc1ccc(-c2nc3c(-c4cccc(C(F)(F)F)c4)c[nH]c(=O)c3cc2-c2ccccc2)cc1)C(F)(F)F. The first-order valence-electron chi connectivity index (χ1n) is 11.6. The lowest BCUT2D eigenvalue weighted by atomic mass is 9.95. The molecule has 0 aliphatic carbocycles. The third-order valence-corrected chi connectivity index (χ3v) is 6.03. The number of rotatable bonds is 4. The minimum Gasteiger partial charge on any atom is -0.420 e. The van der Waals surface area contributed by atoms with Crippen LogP contribution in [0.5, 0.6) is 5.75 Å². The monoisotopic (exact) mass is 554 g/mol. The lowest BCUT2D eigenvalue weighted by Crippen LogP contribution is -2.27. The van der Waals surface area contributed by atoms with E-state index in [0.29, 0.717) is 22.4 Å². The number of benzene rings is 3. The van der Waals surface area contributed by atoms with Gasteiger partial charge in [0.1, 0.15) is 5.75 Å². The second-order valence-corrected chi connectivity index (χ2v) is 8.67. The van der Waals surface area contributed by atoms with Crippen LogP contribution in [-0.2, 0) is 11.0 Å². The number of carbonyl (C=O) groups excluding carboxylic acids is 1. The molecule has 0 saturated heterocycles. The highest BCUT2D eigenvalue weighted by Crippen LogP contribution is 2.37. The van der Waals surface area contributed by atoms with Crippen LogP contribution in [0, 0.1) is 0 Å². The molecule has 0 unspecified atom stereocenters. The van der Waals surface area contributed by atoms with E-state index in [2.05, 4.69) is 9.72 Å². The zero-order chi connectivity index (χ0) is 28.7. The minimum absolute atomic E-state index is 0.116. The van der Waals surface area contributed by atoms with Gasteiger partial charge in [-0.15, -0.1) is 0 Å². The number of H-pyrrole nitrogens is 1. The van der Waals surface area contributed by atoms with Crippen LogP contribution in [-0.4, -0.2) is 22.1 Å². The molecule has 0 radical (unpaired) electrons. The number of carbonyl (C=O) groups is 1. The maximum absolute atomic E-state index is 13.4. The Labute approximate surface area is 221 Å². The average Bonchev–Trinajstić information content (AvgIpc) is 2.93. The number of pyridine rings is 2. The van der Waals surface area contributed by atoms with Crippen molar-refractivity contribution >= 4 is 16.9 Å². The molecule has 40 heavy (non-hydrogen) atoms. The average molecular weight is 554 g/mol. The summed E-state index contributed by atoms with van der Waals surface area (Å²) in [5.41, 5.74) is 0.946. The zero-order valence-electron chi connectivity index (χ0n) is 20.1. The minimum atomic E-state index is -5.17. The number of alkyl halides is 6. The van der Waals surface area contributed by atoms with E-state index in [1.807, 2.05) is 0 Å². The molecule has 0 saturated carbocycles. The lowest BCUT2D eigenvalue weighted by Gasteiger charge is -2.15. The van der Waals surface area contributed by atoms with Crippen LogP contribution in [0.25, 0.3) is 44.4 Å². The van der Waals surface area contributed by atoms with E-state index in [-0.39, 0.29) is 27.8 Å². The topological polar surface area (TPSA) is 72.0 Å². The number of nitrogens with zero attached hydrogens (tertiary/aromatic N) is 1. The van der Waals surface area contributed by atoms with Gasteiger partial charge < -0.3 is 9.72 Å². The van der Waals surface area contributed by atoms with E-state index < -0.39 is 29.4 Å². The van der Waals surface area contributed by atoms with Gasteiger partial charge in [-0.25, -0.2) is 9.78 Å². The second kappa shape index (κ2) is 9.99. The Morgan fingerprint density at radius 1 is 0.750 bits per heavy atom. The molecule has 0 fully saturated rings. The van der Waals surface area contributed by atoms with Crippen molar-refractivity contribution < 1.29 is 35.9 Å². The molecule has 1 N–H and O–H groups in total. The summed E-state index contributed by atoms with van der Waals surface area (Å²) in [4.78, 5) is 31.3. The Morgan fingerprint density at radius 2 is 1.43 bits per heavy atom. The smallest absolute Gasteiger partial charge is 0.420 e. The molecule has 5 nitrogen and oxygen atoms in total. The van der Waals surface area contributed by atoms with Crippen molar-refractivity contribution in [1.82, 2.24) is 9.97 Å². The molecular weight excluding hydrogens is 538 g/mol. The van der Waals surface area contributed by atoms with Crippen LogP contribution >= 0.6 is 0 Å². The molecule has 0 spiro atoms. The van der Waals surface area contributed by atoms with Crippen molar-refractivity contribution in [2.75, 3.05) is 0 Å². The molecule has 0 amide bonds. The molecule has 5 rings (SSSR count). The van der Waals surface area contributed by atoms with Gasteiger partial charge in [0.2, 0.25) is 0 Å². The highest BCUT2D eigenvalue weighted by atomic mass is 19.4. The largest absolute Gasteiger partial charge is 0.491 e. The third kappa shape index (κ3) is 5.31. The molecule has 2 heterocycles. The summed E-state index contributed by atoms with van der Waals surface area (Å²) >= 11 is 0. The van der Waals surface area contributed by atoms with Crippen molar-refractivity contribution in [1.29, 1.82) is 0 Å². The molecule has 0 aliphatic heterocycles. The molecule has 202 valence electrons. The second-order valence-electron chi connectivity index (χ2n) is 8.67. The van der Waals surface area contributed by atoms with Gasteiger partial charge in [-0.05, 0) is 53.6 Å². The summed E-state index contributed by atoms with van der Waals surface area (Å²) in [5.74, 6) is -2.73. The Morgan fingerprint density at radius 3 is 2.08 bits per heavy atom. The number of aromatic amines is 1. The van der Waals surface area contributed by atoms with Gasteiger partial charge >= 0.3 is 18.3 Å². The molecule has 0 bridgehead atoms. The first-order chi connectivity index (χ1) is 18.9. The molecule has 2 aromatic heterocycles. The van der Waals surface area contributed by atoms with E-state index in [1.54, 1.807) is 36.4 Å². The van der Waals surface area contributed by atoms with Crippen molar-refractivity contribution in [3.63, 3.8) is 0 Å². The Kier molecular flexibility index (Phi) is 6.66. The quantitative estimate of drug-likeness (QED) is 0.143. The molecule has 5 aromatic rings. The predicted octanol–water partition coefficient (Wildman–Crippen LogP) is 7.41. The number of fused-ring (bicyclic) bond motifs is 1. The van der Waals surface area contributed by atoms with E-state index >= 15 is 0 Å². The van der Waals surface area contributed by atoms with E-state index in [0.717, 1.165) is 24.3 Å². The standard InChI is InChI=1S/C29H16F6N2O3/c30-28(31,32)19-8-4-7-18(13-19)23-15-36-26(38)22-14-21(16-5-2-1-3-6-16)24(37-25(22)23)17-9-11-20(12-10-17)40-27(39)29(33,34)35/h1-15H,(H,36,38). The van der Waals surface area contributed by atoms with Crippen molar-refractivity contribution in [3.05, 3.63) is 107 Å². The number of aromatic nitrogens is 2. The van der Waals surface area contributed by atoms with Crippen molar-refractivity contribution in [3.8, 4) is 39.3 Å². The predicted molar refractivity (Wildman–Crippen MR) is 135 cm³/mol. The van der Waals surface area contributed by atoms with Gasteiger partial charge in [-0.2, -0.15) is 26.3 Å². The summed E-state index contributed by atoms with van der Waals surface area (Å²) in [6.45, 7) is 0. The van der Waals surface area contributed by atoms with Crippen molar-refractivity contribution in [2.24, 2.45) is 0 Å². The van der Waals surface area contributed by atoms with E-state index in [4.69, 9.17) is 4.98 Å².